The number of benzene rings is 1. The topological polar surface area (TPSA) is 6.48 Å². The second kappa shape index (κ2) is 5.47. The molecule has 0 spiro atoms. The lowest BCUT2D eigenvalue weighted by atomic mass is 10.3. The standard InChI is InChI=1S/C11H16BrFN2/c1-14(2)6-7-15(3)11-5-4-9(12)8-10(11)13/h4-5,8H,6-7H2,1-3H3. The van der Waals surface area contributed by atoms with E-state index in [2.05, 4.69) is 20.8 Å². The molecular formula is C11H16BrFN2. The maximum Gasteiger partial charge on any atom is 0.147 e. The molecule has 4 heteroatoms. The summed E-state index contributed by atoms with van der Waals surface area (Å²) in [7, 11) is 5.91. The molecule has 1 aromatic carbocycles. The lowest BCUT2D eigenvalue weighted by Gasteiger charge is -2.22. The van der Waals surface area contributed by atoms with Gasteiger partial charge in [-0.3, -0.25) is 0 Å². The number of likely N-dealkylation sites (N-methyl/N-ethyl adjacent to an activating group) is 2. The minimum absolute atomic E-state index is 0.189. The predicted molar refractivity (Wildman–Crippen MR) is 65.9 cm³/mol. The summed E-state index contributed by atoms with van der Waals surface area (Å²) in [6.07, 6.45) is 0. The average molecular weight is 275 g/mol. The molecule has 0 saturated carbocycles. The third kappa shape index (κ3) is 3.80. The van der Waals surface area contributed by atoms with Crippen molar-refractivity contribution < 1.29 is 4.39 Å². The highest BCUT2D eigenvalue weighted by Crippen LogP contribution is 2.21. The molecule has 1 rings (SSSR count). The first-order valence-corrected chi connectivity index (χ1v) is 5.61. The molecule has 0 fully saturated rings. The van der Waals surface area contributed by atoms with Gasteiger partial charge in [-0.2, -0.15) is 0 Å². The molecule has 0 aliphatic carbocycles. The maximum absolute atomic E-state index is 13.5. The molecule has 2 nitrogen and oxygen atoms in total. The molecule has 0 N–H and O–H groups in total. The summed E-state index contributed by atoms with van der Waals surface area (Å²) < 4.78 is 14.3. The Bertz CT molecular complexity index is 328. The van der Waals surface area contributed by atoms with Crippen molar-refractivity contribution in [3.63, 3.8) is 0 Å². The van der Waals surface area contributed by atoms with Crippen LogP contribution in [0.25, 0.3) is 0 Å². The summed E-state index contributed by atoms with van der Waals surface area (Å²) >= 11 is 3.24. The van der Waals surface area contributed by atoms with Gasteiger partial charge in [-0.25, -0.2) is 4.39 Å². The monoisotopic (exact) mass is 274 g/mol. The molecule has 84 valence electrons. The van der Waals surface area contributed by atoms with Crippen LogP contribution in [0, 0.1) is 5.82 Å². The fraction of sp³-hybridized carbons (Fsp3) is 0.455. The Labute approximate surface area is 98.8 Å². The van der Waals surface area contributed by atoms with E-state index in [0.717, 1.165) is 17.6 Å². The second-order valence-corrected chi connectivity index (χ2v) is 4.74. The molecule has 15 heavy (non-hydrogen) atoms. The van der Waals surface area contributed by atoms with Crippen molar-refractivity contribution in [1.82, 2.24) is 4.90 Å². The van der Waals surface area contributed by atoms with Crippen LogP contribution in [0.15, 0.2) is 22.7 Å². The smallest absolute Gasteiger partial charge is 0.147 e. The molecule has 1 aromatic rings. The van der Waals surface area contributed by atoms with Crippen molar-refractivity contribution in [2.24, 2.45) is 0 Å². The van der Waals surface area contributed by atoms with E-state index in [-0.39, 0.29) is 5.82 Å². The Balaban J connectivity index is 2.69. The van der Waals surface area contributed by atoms with Gasteiger partial charge in [0.2, 0.25) is 0 Å². The maximum atomic E-state index is 13.5. The largest absolute Gasteiger partial charge is 0.371 e. The van der Waals surface area contributed by atoms with Gasteiger partial charge in [0.05, 0.1) is 5.69 Å². The fourth-order valence-corrected chi connectivity index (χ4v) is 1.59. The summed E-state index contributed by atoms with van der Waals surface area (Å²) in [5.74, 6) is -0.189. The molecule has 0 amide bonds. The van der Waals surface area contributed by atoms with Gasteiger partial charge in [0, 0.05) is 24.6 Å². The van der Waals surface area contributed by atoms with Crippen molar-refractivity contribution in [1.29, 1.82) is 0 Å². The first-order valence-electron chi connectivity index (χ1n) is 4.81. The lowest BCUT2D eigenvalue weighted by molar-refractivity contribution is 0.416. The number of halogens is 2. The van der Waals surface area contributed by atoms with Crippen molar-refractivity contribution in [2.45, 2.75) is 0 Å². The SMILES string of the molecule is CN(C)CCN(C)c1ccc(Br)cc1F. The van der Waals surface area contributed by atoms with Gasteiger partial charge in [0.1, 0.15) is 5.82 Å². The summed E-state index contributed by atoms with van der Waals surface area (Å²) in [6, 6.07) is 5.13. The summed E-state index contributed by atoms with van der Waals surface area (Å²) in [5.41, 5.74) is 0.639. The van der Waals surface area contributed by atoms with E-state index < -0.39 is 0 Å². The third-order valence-corrected chi connectivity index (χ3v) is 2.70. The number of rotatable bonds is 4. The van der Waals surface area contributed by atoms with Crippen LogP contribution in [0.4, 0.5) is 10.1 Å². The second-order valence-electron chi connectivity index (χ2n) is 3.82. The molecule has 0 atom stereocenters. The highest BCUT2D eigenvalue weighted by Gasteiger charge is 2.07. The quantitative estimate of drug-likeness (QED) is 0.833. The molecule has 0 aliphatic rings. The van der Waals surface area contributed by atoms with Crippen LogP contribution in [0.2, 0.25) is 0 Å². The van der Waals surface area contributed by atoms with E-state index in [9.17, 15) is 4.39 Å². The zero-order valence-electron chi connectivity index (χ0n) is 9.30. The van der Waals surface area contributed by atoms with Gasteiger partial charge < -0.3 is 9.80 Å². The zero-order chi connectivity index (χ0) is 11.4. The summed E-state index contributed by atoms with van der Waals surface area (Å²) in [4.78, 5) is 4.00. The van der Waals surface area contributed by atoms with Gasteiger partial charge in [0.25, 0.3) is 0 Å². The van der Waals surface area contributed by atoms with Crippen LogP contribution < -0.4 is 4.90 Å². The van der Waals surface area contributed by atoms with Crippen LogP contribution in [0.3, 0.4) is 0 Å². The molecule has 0 radical (unpaired) electrons. The average Bonchev–Trinajstić information content (AvgIpc) is 2.14. The normalized spacial score (nSPS) is 10.8. The summed E-state index contributed by atoms with van der Waals surface area (Å²) in [6.45, 7) is 1.72. The van der Waals surface area contributed by atoms with E-state index in [0.29, 0.717) is 5.69 Å². The number of nitrogens with zero attached hydrogens (tertiary/aromatic N) is 2. The van der Waals surface area contributed by atoms with Crippen LogP contribution in [-0.4, -0.2) is 39.1 Å². The Morgan fingerprint density at radius 1 is 1.20 bits per heavy atom. The van der Waals surface area contributed by atoms with Crippen molar-refractivity contribution in [3.8, 4) is 0 Å². The van der Waals surface area contributed by atoms with E-state index in [1.165, 1.54) is 6.07 Å². The molecule has 0 aliphatic heterocycles. The first-order chi connectivity index (χ1) is 7.00. The fourth-order valence-electron chi connectivity index (χ4n) is 1.26. The predicted octanol–water partition coefficient (Wildman–Crippen LogP) is 2.59. The molecule has 0 aromatic heterocycles. The molecule has 0 saturated heterocycles. The van der Waals surface area contributed by atoms with Crippen LogP contribution in [0.1, 0.15) is 0 Å². The lowest BCUT2D eigenvalue weighted by Crippen LogP contribution is -2.28. The van der Waals surface area contributed by atoms with Gasteiger partial charge in [0.15, 0.2) is 0 Å². The Hall–Kier alpha value is -0.610. The third-order valence-electron chi connectivity index (χ3n) is 2.20. The minimum atomic E-state index is -0.189. The summed E-state index contributed by atoms with van der Waals surface area (Å²) in [5, 5.41) is 0. The molecule has 0 heterocycles. The van der Waals surface area contributed by atoms with Crippen molar-refractivity contribution in [2.75, 3.05) is 39.1 Å². The van der Waals surface area contributed by atoms with Crippen LogP contribution in [-0.2, 0) is 0 Å². The molecule has 0 unspecified atom stereocenters. The van der Waals surface area contributed by atoms with E-state index in [4.69, 9.17) is 0 Å². The van der Waals surface area contributed by atoms with Crippen molar-refractivity contribution in [3.05, 3.63) is 28.5 Å². The van der Waals surface area contributed by atoms with Crippen LogP contribution in [0.5, 0.6) is 0 Å². The van der Waals surface area contributed by atoms with E-state index >= 15 is 0 Å². The molecule has 0 bridgehead atoms. The minimum Gasteiger partial charge on any atom is -0.371 e. The van der Waals surface area contributed by atoms with Crippen molar-refractivity contribution >= 4 is 21.6 Å². The zero-order valence-corrected chi connectivity index (χ0v) is 10.9. The van der Waals surface area contributed by atoms with Crippen LogP contribution >= 0.6 is 15.9 Å². The van der Waals surface area contributed by atoms with E-state index in [1.54, 1.807) is 6.07 Å². The number of anilines is 1. The Morgan fingerprint density at radius 3 is 2.40 bits per heavy atom. The number of hydrogen-bond acceptors (Lipinski definition) is 2. The molecular weight excluding hydrogens is 259 g/mol. The van der Waals surface area contributed by atoms with Gasteiger partial charge in [-0.15, -0.1) is 0 Å². The highest BCUT2D eigenvalue weighted by molar-refractivity contribution is 9.10. The van der Waals surface area contributed by atoms with E-state index in [1.807, 2.05) is 32.1 Å². The number of hydrogen-bond donors (Lipinski definition) is 0. The Kier molecular flexibility index (Phi) is 4.54. The highest BCUT2D eigenvalue weighted by atomic mass is 79.9. The van der Waals surface area contributed by atoms with Gasteiger partial charge in [-0.05, 0) is 32.3 Å². The van der Waals surface area contributed by atoms with Gasteiger partial charge in [-0.1, -0.05) is 15.9 Å². The Morgan fingerprint density at radius 2 is 1.87 bits per heavy atom. The van der Waals surface area contributed by atoms with Gasteiger partial charge >= 0.3 is 0 Å². The first kappa shape index (κ1) is 12.5.